The lowest BCUT2D eigenvalue weighted by molar-refractivity contribution is 0.171. The molecule has 2 aromatic rings. The van der Waals surface area contributed by atoms with E-state index in [2.05, 4.69) is 25.9 Å². The molecule has 0 radical (unpaired) electrons. The zero-order valence-corrected chi connectivity index (χ0v) is 14.0. The van der Waals surface area contributed by atoms with Crippen molar-refractivity contribution in [2.24, 2.45) is 0 Å². The topological polar surface area (TPSA) is 56.7 Å². The lowest BCUT2D eigenvalue weighted by atomic mass is 10.2. The molecule has 1 aliphatic heterocycles. The van der Waals surface area contributed by atoms with E-state index in [1.165, 1.54) is 0 Å². The van der Waals surface area contributed by atoms with Crippen LogP contribution in [0.5, 0.6) is 17.4 Å². The number of hydrogen-bond donors (Lipinski definition) is 0. The monoisotopic (exact) mass is 365 g/mol. The predicted molar refractivity (Wildman–Crippen MR) is 85.8 cm³/mol. The first-order valence-electron chi connectivity index (χ1n) is 6.83. The number of rotatable bonds is 4. The molecule has 7 heteroatoms. The summed E-state index contributed by atoms with van der Waals surface area (Å²) in [6.07, 6.45) is 1.68. The molecule has 1 aromatic heterocycles. The van der Waals surface area contributed by atoms with Crippen LogP contribution in [-0.2, 0) is 6.54 Å². The van der Waals surface area contributed by atoms with Crippen LogP contribution < -0.4 is 19.1 Å². The van der Waals surface area contributed by atoms with Crippen LogP contribution in [0.2, 0.25) is 0 Å². The Hall–Kier alpha value is -2.02. The predicted octanol–water partition coefficient (Wildman–Crippen LogP) is 2.66. The molecule has 0 saturated carbocycles. The minimum absolute atomic E-state index is 0.513. The Morgan fingerprint density at radius 1 is 1.27 bits per heavy atom. The van der Waals surface area contributed by atoms with Crippen LogP contribution in [0.25, 0.3) is 0 Å². The molecule has 22 heavy (non-hydrogen) atoms. The van der Waals surface area contributed by atoms with E-state index in [0.717, 1.165) is 21.5 Å². The molecule has 2 heterocycles. The number of ether oxygens (including phenoxy) is 3. The average molecular weight is 366 g/mol. The second-order valence-corrected chi connectivity index (χ2v) is 5.72. The Morgan fingerprint density at radius 3 is 2.82 bits per heavy atom. The van der Waals surface area contributed by atoms with Crippen LogP contribution in [-0.4, -0.2) is 37.3 Å². The molecule has 3 rings (SSSR count). The van der Waals surface area contributed by atoms with Crippen molar-refractivity contribution < 1.29 is 14.2 Å². The van der Waals surface area contributed by atoms with E-state index in [9.17, 15) is 0 Å². The van der Waals surface area contributed by atoms with Gasteiger partial charge in [0.05, 0.1) is 17.8 Å². The highest BCUT2D eigenvalue weighted by atomic mass is 79.9. The Bertz CT molecular complexity index is 681. The maximum absolute atomic E-state index is 5.60. The molecule has 0 unspecified atom stereocenters. The lowest BCUT2D eigenvalue weighted by Crippen LogP contribution is -2.20. The minimum atomic E-state index is 0.513. The summed E-state index contributed by atoms with van der Waals surface area (Å²) in [6.45, 7) is 1.83. The van der Waals surface area contributed by atoms with Gasteiger partial charge in [0.1, 0.15) is 13.2 Å². The van der Waals surface area contributed by atoms with Crippen LogP contribution in [0.15, 0.2) is 28.9 Å². The fourth-order valence-electron chi connectivity index (χ4n) is 2.20. The number of aromatic nitrogens is 2. The number of anilines is 1. The molecule has 116 valence electrons. The van der Waals surface area contributed by atoms with Gasteiger partial charge in [-0.3, -0.25) is 0 Å². The Balaban J connectivity index is 1.77. The van der Waals surface area contributed by atoms with Gasteiger partial charge < -0.3 is 19.1 Å². The number of halogens is 1. The van der Waals surface area contributed by atoms with Gasteiger partial charge >= 0.3 is 0 Å². The third kappa shape index (κ3) is 3.09. The molecule has 0 bridgehead atoms. The van der Waals surface area contributed by atoms with Gasteiger partial charge in [-0.1, -0.05) is 6.07 Å². The molecule has 1 aromatic carbocycles. The van der Waals surface area contributed by atoms with Crippen LogP contribution in [0, 0.1) is 0 Å². The number of methoxy groups -OCH3 is 1. The summed E-state index contributed by atoms with van der Waals surface area (Å²) in [6, 6.07) is 5.93. The van der Waals surface area contributed by atoms with Crippen molar-refractivity contribution in [1.29, 1.82) is 0 Å². The largest absolute Gasteiger partial charge is 0.486 e. The van der Waals surface area contributed by atoms with E-state index in [1.54, 1.807) is 13.3 Å². The van der Waals surface area contributed by atoms with Gasteiger partial charge in [-0.05, 0) is 33.6 Å². The minimum Gasteiger partial charge on any atom is -0.486 e. The van der Waals surface area contributed by atoms with Gasteiger partial charge in [0.15, 0.2) is 11.5 Å². The third-order valence-electron chi connectivity index (χ3n) is 3.26. The van der Waals surface area contributed by atoms with Gasteiger partial charge in [-0.25, -0.2) is 4.98 Å². The van der Waals surface area contributed by atoms with Gasteiger partial charge in [0.25, 0.3) is 0 Å². The first-order chi connectivity index (χ1) is 10.7. The van der Waals surface area contributed by atoms with Gasteiger partial charge in [-0.2, -0.15) is 4.98 Å². The van der Waals surface area contributed by atoms with E-state index in [4.69, 9.17) is 14.2 Å². The van der Waals surface area contributed by atoms with Crippen LogP contribution in [0.4, 0.5) is 5.95 Å². The quantitative estimate of drug-likeness (QED) is 0.829. The normalized spacial score (nSPS) is 12.9. The molecule has 0 saturated heterocycles. The summed E-state index contributed by atoms with van der Waals surface area (Å²) < 4.78 is 17.1. The number of nitrogens with zero attached hydrogens (tertiary/aromatic N) is 3. The van der Waals surface area contributed by atoms with E-state index in [1.807, 2.05) is 30.1 Å². The summed E-state index contributed by atoms with van der Waals surface area (Å²) in [4.78, 5) is 10.6. The zero-order chi connectivity index (χ0) is 15.5. The fraction of sp³-hybridized carbons (Fsp3) is 0.333. The highest BCUT2D eigenvalue weighted by molar-refractivity contribution is 9.10. The molecular weight excluding hydrogens is 350 g/mol. The zero-order valence-electron chi connectivity index (χ0n) is 12.4. The smallest absolute Gasteiger partial charge is 0.232 e. The van der Waals surface area contributed by atoms with Crippen molar-refractivity contribution in [3.05, 3.63) is 34.4 Å². The standard InChI is InChI=1S/C15H16BrN3O3/c1-19(15-17-8-11(16)14(18-15)20-2)9-10-3-4-12-13(7-10)22-6-5-21-12/h3-4,7-8H,5-6,9H2,1-2H3. The van der Waals surface area contributed by atoms with Crippen molar-refractivity contribution in [2.75, 3.05) is 32.3 Å². The molecule has 0 amide bonds. The van der Waals surface area contributed by atoms with E-state index in [-0.39, 0.29) is 0 Å². The van der Waals surface area contributed by atoms with Crippen molar-refractivity contribution in [3.63, 3.8) is 0 Å². The van der Waals surface area contributed by atoms with Crippen molar-refractivity contribution >= 4 is 21.9 Å². The molecule has 0 spiro atoms. The summed E-state index contributed by atoms with van der Waals surface area (Å²) in [5, 5.41) is 0. The van der Waals surface area contributed by atoms with E-state index < -0.39 is 0 Å². The molecular formula is C15H16BrN3O3. The summed E-state index contributed by atoms with van der Waals surface area (Å²) in [5.41, 5.74) is 1.09. The lowest BCUT2D eigenvalue weighted by Gasteiger charge is -2.21. The molecule has 0 fully saturated rings. The van der Waals surface area contributed by atoms with Crippen molar-refractivity contribution in [2.45, 2.75) is 6.54 Å². The highest BCUT2D eigenvalue weighted by Gasteiger charge is 2.14. The number of benzene rings is 1. The Morgan fingerprint density at radius 2 is 2.05 bits per heavy atom. The maximum atomic E-state index is 5.60. The van der Waals surface area contributed by atoms with Gasteiger partial charge in [0, 0.05) is 13.6 Å². The molecule has 1 aliphatic rings. The summed E-state index contributed by atoms with van der Waals surface area (Å²) in [5.74, 6) is 2.68. The van der Waals surface area contributed by atoms with Gasteiger partial charge in [-0.15, -0.1) is 0 Å². The summed E-state index contributed by atoms with van der Waals surface area (Å²) >= 11 is 3.35. The molecule has 0 aliphatic carbocycles. The highest BCUT2D eigenvalue weighted by Crippen LogP contribution is 2.31. The van der Waals surface area contributed by atoms with Crippen LogP contribution in [0.1, 0.15) is 5.56 Å². The molecule has 0 N–H and O–H groups in total. The molecule has 0 atom stereocenters. The number of hydrogen-bond acceptors (Lipinski definition) is 6. The van der Waals surface area contributed by atoms with Gasteiger partial charge in [0.2, 0.25) is 11.8 Å². The van der Waals surface area contributed by atoms with Crippen molar-refractivity contribution in [3.8, 4) is 17.4 Å². The first kappa shape index (κ1) is 14.9. The molecule has 6 nitrogen and oxygen atoms in total. The average Bonchev–Trinajstić information content (AvgIpc) is 2.55. The maximum Gasteiger partial charge on any atom is 0.232 e. The fourth-order valence-corrected chi connectivity index (χ4v) is 2.55. The Kier molecular flexibility index (Phi) is 4.33. The van der Waals surface area contributed by atoms with Crippen LogP contribution >= 0.6 is 15.9 Å². The second kappa shape index (κ2) is 6.39. The number of fused-ring (bicyclic) bond motifs is 1. The Labute approximate surface area is 137 Å². The first-order valence-corrected chi connectivity index (χ1v) is 7.63. The van der Waals surface area contributed by atoms with E-state index in [0.29, 0.717) is 31.6 Å². The third-order valence-corrected chi connectivity index (χ3v) is 3.80. The van der Waals surface area contributed by atoms with Crippen LogP contribution in [0.3, 0.4) is 0 Å². The second-order valence-electron chi connectivity index (χ2n) is 4.86. The van der Waals surface area contributed by atoms with E-state index >= 15 is 0 Å². The summed E-state index contributed by atoms with van der Waals surface area (Å²) in [7, 11) is 3.51. The van der Waals surface area contributed by atoms with Crippen molar-refractivity contribution in [1.82, 2.24) is 9.97 Å². The SMILES string of the molecule is COc1nc(N(C)Cc2ccc3c(c2)OCCO3)ncc1Br.